The molecule has 0 aliphatic rings. The maximum Gasteiger partial charge on any atom is 0.389 e. The SMILES string of the molecule is CC(C)(O)COc1ccc2c(C=O)cnn2c1CCC(F)(F)F. The van der Waals surface area contributed by atoms with Crippen LogP contribution in [-0.2, 0) is 6.42 Å². The van der Waals surface area contributed by atoms with Gasteiger partial charge in [0.1, 0.15) is 12.4 Å². The number of rotatable bonds is 6. The van der Waals surface area contributed by atoms with Crippen molar-refractivity contribution >= 4 is 11.8 Å². The molecule has 0 aliphatic heterocycles. The molecule has 8 heteroatoms. The second-order valence-electron chi connectivity index (χ2n) is 5.88. The molecule has 2 aromatic heterocycles. The number of aldehydes is 1. The Morgan fingerprint density at radius 1 is 1.35 bits per heavy atom. The number of pyridine rings is 1. The molecular formula is C15H17F3N2O3. The maximum absolute atomic E-state index is 12.6. The number of carbonyl (C=O) groups is 1. The zero-order valence-electron chi connectivity index (χ0n) is 12.7. The van der Waals surface area contributed by atoms with Crippen molar-refractivity contribution in [1.82, 2.24) is 9.61 Å². The third kappa shape index (κ3) is 4.44. The van der Waals surface area contributed by atoms with Gasteiger partial charge in [0.2, 0.25) is 0 Å². The van der Waals surface area contributed by atoms with Crippen LogP contribution in [0.2, 0.25) is 0 Å². The molecule has 2 rings (SSSR count). The molecule has 1 N–H and O–H groups in total. The maximum atomic E-state index is 12.6. The fourth-order valence-electron chi connectivity index (χ4n) is 2.07. The van der Waals surface area contributed by atoms with E-state index in [0.29, 0.717) is 11.8 Å². The van der Waals surface area contributed by atoms with Crippen LogP contribution in [0.25, 0.3) is 5.52 Å². The second-order valence-corrected chi connectivity index (χ2v) is 5.88. The number of aliphatic hydroxyl groups is 1. The van der Waals surface area contributed by atoms with Gasteiger partial charge in [-0.2, -0.15) is 18.3 Å². The highest BCUT2D eigenvalue weighted by Gasteiger charge is 2.28. The van der Waals surface area contributed by atoms with E-state index >= 15 is 0 Å². The minimum atomic E-state index is -4.32. The van der Waals surface area contributed by atoms with Crippen molar-refractivity contribution in [2.75, 3.05) is 6.61 Å². The Bertz CT molecular complexity index is 702. The molecule has 0 saturated carbocycles. The van der Waals surface area contributed by atoms with E-state index in [4.69, 9.17) is 4.74 Å². The number of ether oxygens (including phenoxy) is 1. The molecular weight excluding hydrogens is 313 g/mol. The van der Waals surface area contributed by atoms with Gasteiger partial charge in [-0.15, -0.1) is 0 Å². The third-order valence-electron chi connectivity index (χ3n) is 3.12. The summed E-state index contributed by atoms with van der Waals surface area (Å²) in [5, 5.41) is 13.7. The van der Waals surface area contributed by atoms with Gasteiger partial charge in [-0.1, -0.05) is 0 Å². The van der Waals surface area contributed by atoms with Crippen molar-refractivity contribution in [1.29, 1.82) is 0 Å². The summed E-state index contributed by atoms with van der Waals surface area (Å²) in [4.78, 5) is 11.0. The summed E-state index contributed by atoms with van der Waals surface area (Å²) in [6.07, 6.45) is -3.83. The third-order valence-corrected chi connectivity index (χ3v) is 3.12. The van der Waals surface area contributed by atoms with Crippen molar-refractivity contribution in [2.24, 2.45) is 0 Å². The Morgan fingerprint density at radius 2 is 2.04 bits per heavy atom. The van der Waals surface area contributed by atoms with E-state index in [1.54, 1.807) is 6.07 Å². The van der Waals surface area contributed by atoms with E-state index < -0.39 is 18.2 Å². The van der Waals surface area contributed by atoms with Crippen molar-refractivity contribution < 1.29 is 27.8 Å². The largest absolute Gasteiger partial charge is 0.489 e. The van der Waals surface area contributed by atoms with Crippen LogP contribution in [0.15, 0.2) is 18.3 Å². The molecule has 0 fully saturated rings. The molecule has 0 radical (unpaired) electrons. The van der Waals surface area contributed by atoms with Gasteiger partial charge in [-0.25, -0.2) is 4.52 Å². The molecule has 126 valence electrons. The zero-order chi connectivity index (χ0) is 17.3. The fraction of sp³-hybridized carbons (Fsp3) is 0.467. The molecule has 0 aliphatic carbocycles. The van der Waals surface area contributed by atoms with Crippen LogP contribution in [0.1, 0.15) is 36.3 Å². The molecule has 0 saturated heterocycles. The number of alkyl halides is 3. The lowest BCUT2D eigenvalue weighted by Crippen LogP contribution is -2.28. The highest BCUT2D eigenvalue weighted by atomic mass is 19.4. The van der Waals surface area contributed by atoms with Crippen LogP contribution in [0, 0.1) is 0 Å². The number of aryl methyl sites for hydroxylation is 1. The average molecular weight is 330 g/mol. The van der Waals surface area contributed by atoms with E-state index in [2.05, 4.69) is 5.10 Å². The standard InChI is InChI=1S/C15H17F3N2O3/c1-14(2,22)9-23-13-4-3-11-10(8-21)7-19-20(11)12(13)5-6-15(16,17)18/h3-4,7-8,22H,5-6,9H2,1-2H3. The van der Waals surface area contributed by atoms with Crippen LogP contribution in [0.3, 0.4) is 0 Å². The van der Waals surface area contributed by atoms with Crippen molar-refractivity contribution in [3.63, 3.8) is 0 Å². The van der Waals surface area contributed by atoms with Crippen LogP contribution < -0.4 is 4.74 Å². The summed E-state index contributed by atoms with van der Waals surface area (Å²) in [6, 6.07) is 3.04. The van der Waals surface area contributed by atoms with Crippen molar-refractivity contribution in [3.8, 4) is 5.75 Å². The Balaban J connectivity index is 2.42. The Labute approximate surface area is 130 Å². The molecule has 0 atom stereocenters. The summed E-state index contributed by atoms with van der Waals surface area (Å²) in [7, 11) is 0. The molecule has 0 bridgehead atoms. The molecule has 0 spiro atoms. The second kappa shape index (κ2) is 6.19. The fourth-order valence-corrected chi connectivity index (χ4v) is 2.07. The summed E-state index contributed by atoms with van der Waals surface area (Å²) in [5.41, 5.74) is -0.230. The first-order valence-electron chi connectivity index (χ1n) is 6.97. The van der Waals surface area contributed by atoms with E-state index in [0.717, 1.165) is 0 Å². The first-order valence-corrected chi connectivity index (χ1v) is 6.97. The number of fused-ring (bicyclic) bond motifs is 1. The lowest BCUT2D eigenvalue weighted by atomic mass is 10.1. The lowest BCUT2D eigenvalue weighted by Gasteiger charge is -2.20. The number of hydrogen-bond acceptors (Lipinski definition) is 4. The first-order chi connectivity index (χ1) is 10.6. The molecule has 2 heterocycles. The first kappa shape index (κ1) is 17.3. The minimum Gasteiger partial charge on any atom is -0.489 e. The summed E-state index contributed by atoms with van der Waals surface area (Å²) in [6.45, 7) is 2.97. The van der Waals surface area contributed by atoms with Crippen LogP contribution in [0.4, 0.5) is 13.2 Å². The lowest BCUT2D eigenvalue weighted by molar-refractivity contribution is -0.134. The van der Waals surface area contributed by atoms with Crippen LogP contribution in [-0.4, -0.2) is 39.4 Å². The van der Waals surface area contributed by atoms with Gasteiger partial charge in [0.25, 0.3) is 0 Å². The molecule has 2 aromatic rings. The topological polar surface area (TPSA) is 63.8 Å². The van der Waals surface area contributed by atoms with Gasteiger partial charge in [0.15, 0.2) is 6.29 Å². The van der Waals surface area contributed by atoms with Gasteiger partial charge in [0.05, 0.1) is 28.6 Å². The number of aromatic nitrogens is 2. The van der Waals surface area contributed by atoms with E-state index in [1.165, 1.54) is 30.6 Å². The number of halogens is 3. The van der Waals surface area contributed by atoms with Gasteiger partial charge < -0.3 is 9.84 Å². The van der Waals surface area contributed by atoms with Gasteiger partial charge in [0, 0.05) is 12.8 Å². The predicted octanol–water partition coefficient (Wildman–Crippen LogP) is 2.79. The van der Waals surface area contributed by atoms with E-state index in [-0.39, 0.29) is 30.0 Å². The highest BCUT2D eigenvalue weighted by molar-refractivity contribution is 5.85. The molecule has 0 unspecified atom stereocenters. The summed E-state index contributed by atoms with van der Waals surface area (Å²) < 4.78 is 44.4. The van der Waals surface area contributed by atoms with Crippen LogP contribution >= 0.6 is 0 Å². The highest BCUT2D eigenvalue weighted by Crippen LogP contribution is 2.28. The van der Waals surface area contributed by atoms with E-state index in [1.807, 2.05) is 0 Å². The minimum absolute atomic E-state index is 0.0840. The average Bonchev–Trinajstić information content (AvgIpc) is 2.84. The number of hydrogen-bond donors (Lipinski definition) is 1. The van der Waals surface area contributed by atoms with Gasteiger partial charge in [-0.3, -0.25) is 4.79 Å². The Hall–Kier alpha value is -2.09. The van der Waals surface area contributed by atoms with Crippen LogP contribution in [0.5, 0.6) is 5.75 Å². The monoisotopic (exact) mass is 330 g/mol. The molecule has 0 aromatic carbocycles. The smallest absolute Gasteiger partial charge is 0.389 e. The zero-order valence-corrected chi connectivity index (χ0v) is 12.7. The Morgan fingerprint density at radius 3 is 2.61 bits per heavy atom. The summed E-state index contributed by atoms with van der Waals surface area (Å²) in [5.74, 6) is 0.199. The Kier molecular flexibility index (Phi) is 4.65. The molecule has 23 heavy (non-hydrogen) atoms. The number of nitrogens with zero attached hydrogens (tertiary/aromatic N) is 2. The van der Waals surface area contributed by atoms with Crippen molar-refractivity contribution in [3.05, 3.63) is 29.6 Å². The van der Waals surface area contributed by atoms with Gasteiger partial charge in [-0.05, 0) is 26.0 Å². The summed E-state index contributed by atoms with van der Waals surface area (Å²) >= 11 is 0. The van der Waals surface area contributed by atoms with E-state index in [9.17, 15) is 23.1 Å². The molecule has 0 amide bonds. The van der Waals surface area contributed by atoms with Gasteiger partial charge >= 0.3 is 6.18 Å². The quantitative estimate of drug-likeness (QED) is 0.827. The molecule has 5 nitrogen and oxygen atoms in total. The predicted molar refractivity (Wildman–Crippen MR) is 76.7 cm³/mol. The van der Waals surface area contributed by atoms with Crippen molar-refractivity contribution in [2.45, 2.75) is 38.5 Å². The normalized spacial score (nSPS) is 12.6. The number of carbonyl (C=O) groups excluding carboxylic acids is 1.